The largest absolute Gasteiger partial charge is 0.481 e. The van der Waals surface area contributed by atoms with Crippen molar-refractivity contribution in [3.8, 4) is 0 Å². The number of carboxylic acid groups (broad SMARTS) is 2. The van der Waals surface area contributed by atoms with Crippen LogP contribution < -0.4 is 0 Å². The number of rotatable bonds is 6. The van der Waals surface area contributed by atoms with Crippen molar-refractivity contribution in [3.63, 3.8) is 0 Å². The number of hydrogen-bond acceptors (Lipinski definition) is 2. The van der Waals surface area contributed by atoms with E-state index in [4.69, 9.17) is 5.11 Å². The zero-order valence-corrected chi connectivity index (χ0v) is 12.1. The summed E-state index contributed by atoms with van der Waals surface area (Å²) >= 11 is 0. The molecule has 0 fully saturated rings. The Morgan fingerprint density at radius 1 is 1.29 bits per heavy atom. The van der Waals surface area contributed by atoms with Gasteiger partial charge in [-0.15, -0.1) is 0 Å². The van der Waals surface area contributed by atoms with E-state index in [0.717, 1.165) is 16.5 Å². The Labute approximate surface area is 122 Å². The van der Waals surface area contributed by atoms with Crippen LogP contribution in [0.15, 0.2) is 30.5 Å². The molecule has 0 unspecified atom stereocenters. The maximum atomic E-state index is 11.6. The molecule has 0 bridgehead atoms. The smallest absolute Gasteiger partial charge is 0.309 e. The summed E-state index contributed by atoms with van der Waals surface area (Å²) in [6, 6.07) is 7.67. The molecule has 5 nitrogen and oxygen atoms in total. The highest BCUT2D eigenvalue weighted by atomic mass is 16.4. The number of nitrogens with one attached hydrogen (secondary N) is 1. The summed E-state index contributed by atoms with van der Waals surface area (Å²) in [5, 5.41) is 19.5. The Morgan fingerprint density at radius 3 is 2.57 bits per heavy atom. The average molecular weight is 289 g/mol. The number of aliphatic carboxylic acids is 2. The molecule has 0 spiro atoms. The lowest BCUT2D eigenvalue weighted by Gasteiger charge is -2.26. The van der Waals surface area contributed by atoms with Gasteiger partial charge in [-0.05, 0) is 31.4 Å². The summed E-state index contributed by atoms with van der Waals surface area (Å²) in [4.78, 5) is 25.8. The van der Waals surface area contributed by atoms with Crippen molar-refractivity contribution in [1.29, 1.82) is 0 Å². The Hall–Kier alpha value is -2.30. The van der Waals surface area contributed by atoms with E-state index in [1.807, 2.05) is 24.3 Å². The third-order valence-corrected chi connectivity index (χ3v) is 3.95. The van der Waals surface area contributed by atoms with Gasteiger partial charge in [-0.2, -0.15) is 0 Å². The predicted octanol–water partition coefficient (Wildman–Crippen LogP) is 2.91. The molecule has 5 heteroatoms. The van der Waals surface area contributed by atoms with E-state index >= 15 is 0 Å². The first kappa shape index (κ1) is 15.1. The molecule has 0 saturated heterocycles. The molecule has 0 radical (unpaired) electrons. The summed E-state index contributed by atoms with van der Waals surface area (Å²) in [7, 11) is 0. The Bertz CT molecular complexity index is 676. The van der Waals surface area contributed by atoms with Gasteiger partial charge in [-0.1, -0.05) is 25.1 Å². The number of aromatic amines is 1. The highest BCUT2D eigenvalue weighted by molar-refractivity contribution is 5.84. The lowest BCUT2D eigenvalue weighted by molar-refractivity contribution is -0.151. The van der Waals surface area contributed by atoms with Gasteiger partial charge < -0.3 is 15.2 Å². The molecule has 2 aromatic rings. The van der Waals surface area contributed by atoms with Gasteiger partial charge in [0.15, 0.2) is 0 Å². The SMILES string of the molecule is C[C@H](C[C@@](C)(Cc1c[nH]c2ccccc12)C(=O)O)C(=O)O. The number of para-hydroxylation sites is 1. The third-order valence-electron chi connectivity index (χ3n) is 3.95. The summed E-state index contributed by atoms with van der Waals surface area (Å²) in [6.45, 7) is 3.15. The fraction of sp³-hybridized carbons (Fsp3) is 0.375. The molecule has 0 amide bonds. The fourth-order valence-corrected chi connectivity index (χ4v) is 2.70. The van der Waals surface area contributed by atoms with Gasteiger partial charge >= 0.3 is 11.9 Å². The third kappa shape index (κ3) is 3.07. The van der Waals surface area contributed by atoms with Gasteiger partial charge in [0.05, 0.1) is 11.3 Å². The van der Waals surface area contributed by atoms with Crippen molar-refractivity contribution in [3.05, 3.63) is 36.0 Å². The molecular weight excluding hydrogens is 270 g/mol. The van der Waals surface area contributed by atoms with Crippen LogP contribution in [-0.4, -0.2) is 27.1 Å². The van der Waals surface area contributed by atoms with Crippen molar-refractivity contribution < 1.29 is 19.8 Å². The second kappa shape index (κ2) is 5.60. The molecule has 1 aromatic heterocycles. The normalized spacial score (nSPS) is 15.5. The second-order valence-electron chi connectivity index (χ2n) is 5.85. The summed E-state index contributed by atoms with van der Waals surface area (Å²) in [5.41, 5.74) is 0.738. The van der Waals surface area contributed by atoms with Gasteiger partial charge in [0, 0.05) is 17.1 Å². The van der Waals surface area contributed by atoms with Crippen molar-refractivity contribution in [2.24, 2.45) is 11.3 Å². The zero-order valence-electron chi connectivity index (χ0n) is 12.1. The maximum absolute atomic E-state index is 11.6. The molecule has 1 heterocycles. The topological polar surface area (TPSA) is 90.4 Å². The standard InChI is InChI=1S/C16H19NO4/c1-10(14(18)19)7-16(2,15(20)21)8-11-9-17-13-6-4-3-5-12(11)13/h3-6,9-10,17H,7-8H2,1-2H3,(H,18,19)(H,20,21)/t10-,16+/m1/s1. The summed E-state index contributed by atoms with van der Waals surface area (Å²) in [5.74, 6) is -2.64. The molecule has 0 aliphatic rings. The van der Waals surface area contributed by atoms with E-state index in [2.05, 4.69) is 4.98 Å². The number of carboxylic acids is 2. The minimum atomic E-state index is -1.11. The first-order valence-corrected chi connectivity index (χ1v) is 6.85. The van der Waals surface area contributed by atoms with Gasteiger partial charge in [-0.3, -0.25) is 9.59 Å². The van der Waals surface area contributed by atoms with Crippen LogP contribution in [0.5, 0.6) is 0 Å². The van der Waals surface area contributed by atoms with Crippen LogP contribution >= 0.6 is 0 Å². The number of carbonyl (C=O) groups is 2. The molecule has 0 saturated carbocycles. The Balaban J connectivity index is 2.31. The molecule has 2 rings (SSSR count). The first-order valence-electron chi connectivity index (χ1n) is 6.85. The number of hydrogen-bond donors (Lipinski definition) is 3. The summed E-state index contributed by atoms with van der Waals surface area (Å²) in [6.07, 6.45) is 2.19. The van der Waals surface area contributed by atoms with Crippen molar-refractivity contribution >= 4 is 22.8 Å². The zero-order chi connectivity index (χ0) is 15.6. The van der Waals surface area contributed by atoms with E-state index in [1.54, 1.807) is 20.0 Å². The van der Waals surface area contributed by atoms with Crippen LogP contribution in [0.25, 0.3) is 10.9 Å². The van der Waals surface area contributed by atoms with E-state index in [0.29, 0.717) is 6.42 Å². The van der Waals surface area contributed by atoms with Gasteiger partial charge in [0.1, 0.15) is 0 Å². The minimum absolute atomic E-state index is 0.0944. The number of H-pyrrole nitrogens is 1. The number of fused-ring (bicyclic) bond motifs is 1. The number of benzene rings is 1. The van der Waals surface area contributed by atoms with Gasteiger partial charge in [0.2, 0.25) is 0 Å². The van der Waals surface area contributed by atoms with Crippen LogP contribution in [0.1, 0.15) is 25.8 Å². The van der Waals surface area contributed by atoms with Crippen molar-refractivity contribution in [2.45, 2.75) is 26.7 Å². The van der Waals surface area contributed by atoms with E-state index in [9.17, 15) is 14.7 Å². The predicted molar refractivity (Wildman–Crippen MR) is 79.2 cm³/mol. The molecule has 1 aromatic carbocycles. The van der Waals surface area contributed by atoms with E-state index < -0.39 is 23.3 Å². The van der Waals surface area contributed by atoms with Crippen LogP contribution in [-0.2, 0) is 16.0 Å². The average Bonchev–Trinajstić information content (AvgIpc) is 2.81. The molecule has 2 atom stereocenters. The van der Waals surface area contributed by atoms with Gasteiger partial charge in [0.25, 0.3) is 0 Å². The highest BCUT2D eigenvalue weighted by Gasteiger charge is 2.37. The van der Waals surface area contributed by atoms with Crippen LogP contribution in [0.3, 0.4) is 0 Å². The Kier molecular flexibility index (Phi) is 4.02. The Morgan fingerprint density at radius 2 is 1.95 bits per heavy atom. The van der Waals surface area contributed by atoms with Crippen molar-refractivity contribution in [1.82, 2.24) is 4.98 Å². The van der Waals surface area contributed by atoms with Crippen LogP contribution in [0.2, 0.25) is 0 Å². The summed E-state index contributed by atoms with van der Waals surface area (Å²) < 4.78 is 0. The monoisotopic (exact) mass is 289 g/mol. The molecule has 0 aliphatic carbocycles. The maximum Gasteiger partial charge on any atom is 0.309 e. The molecule has 112 valence electrons. The quantitative estimate of drug-likeness (QED) is 0.762. The molecule has 0 aliphatic heterocycles. The first-order chi connectivity index (χ1) is 9.83. The fourth-order valence-electron chi connectivity index (χ4n) is 2.70. The van der Waals surface area contributed by atoms with Crippen molar-refractivity contribution in [2.75, 3.05) is 0 Å². The second-order valence-corrected chi connectivity index (χ2v) is 5.85. The van der Waals surface area contributed by atoms with Gasteiger partial charge in [-0.25, -0.2) is 0 Å². The number of aromatic nitrogens is 1. The lowest BCUT2D eigenvalue weighted by atomic mass is 9.76. The highest BCUT2D eigenvalue weighted by Crippen LogP contribution is 2.33. The van der Waals surface area contributed by atoms with Crippen LogP contribution in [0.4, 0.5) is 0 Å². The lowest BCUT2D eigenvalue weighted by Crippen LogP contribution is -2.33. The van der Waals surface area contributed by atoms with Crippen LogP contribution in [0, 0.1) is 11.3 Å². The molecular formula is C16H19NO4. The molecule has 3 N–H and O–H groups in total. The molecule has 21 heavy (non-hydrogen) atoms. The minimum Gasteiger partial charge on any atom is -0.481 e. The van der Waals surface area contributed by atoms with E-state index in [-0.39, 0.29) is 6.42 Å². The van der Waals surface area contributed by atoms with E-state index in [1.165, 1.54) is 0 Å².